The summed E-state index contributed by atoms with van der Waals surface area (Å²) in [6.07, 6.45) is 2.74. The van der Waals surface area contributed by atoms with Crippen LogP contribution in [0.4, 0.5) is 5.69 Å². The molecule has 0 spiro atoms. The van der Waals surface area contributed by atoms with Gasteiger partial charge in [-0.1, -0.05) is 24.3 Å². The number of para-hydroxylation sites is 1. The molecule has 3 heterocycles. The molecule has 2 fully saturated rings. The summed E-state index contributed by atoms with van der Waals surface area (Å²) < 4.78 is 10.4. The fraction of sp³-hybridized carbons (Fsp3) is 0.312. The molecule has 25 heavy (non-hydrogen) atoms. The number of esters is 2. The van der Waals surface area contributed by atoms with Crippen molar-refractivity contribution in [3.05, 3.63) is 52.1 Å². The lowest BCUT2D eigenvalue weighted by atomic mass is 9.77. The maximum absolute atomic E-state index is 12.4. The number of nitro benzene ring substituents is 1. The number of rotatable bonds is 4. The van der Waals surface area contributed by atoms with E-state index in [-0.39, 0.29) is 17.8 Å². The number of benzene rings is 1. The van der Waals surface area contributed by atoms with Crippen molar-refractivity contribution >= 4 is 23.5 Å². The molecule has 0 aromatic heterocycles. The largest absolute Gasteiger partial charge is 0.393 e. The Balaban J connectivity index is 1.55. The molecule has 0 aliphatic carbocycles. The normalized spacial score (nSPS) is 31.8. The van der Waals surface area contributed by atoms with E-state index in [9.17, 15) is 24.5 Å². The average Bonchev–Trinajstić information content (AvgIpc) is 3.24. The van der Waals surface area contributed by atoms with Gasteiger partial charge in [0.15, 0.2) is 0 Å². The molecule has 3 aliphatic rings. The van der Waals surface area contributed by atoms with Gasteiger partial charge in [-0.05, 0) is 6.07 Å². The number of nitro groups is 1. The van der Waals surface area contributed by atoms with Crippen LogP contribution in [-0.4, -0.2) is 41.0 Å². The molecule has 2 bridgehead atoms. The molecule has 9 heteroatoms. The van der Waals surface area contributed by atoms with Crippen LogP contribution in [0.3, 0.4) is 0 Å². The van der Waals surface area contributed by atoms with Crippen LogP contribution >= 0.6 is 0 Å². The first kappa shape index (κ1) is 15.5. The summed E-state index contributed by atoms with van der Waals surface area (Å²) in [5.74, 6) is -3.50. The second-order valence-electron chi connectivity index (χ2n) is 6.10. The lowest BCUT2D eigenvalue weighted by Gasteiger charge is -2.27. The van der Waals surface area contributed by atoms with Crippen LogP contribution in [0.5, 0.6) is 0 Å². The minimum absolute atomic E-state index is 0.0953. The van der Waals surface area contributed by atoms with Crippen LogP contribution < -0.4 is 5.32 Å². The number of ether oxygens (including phenoxy) is 2. The SMILES string of the molecule is O=C(NCC12C=CC(O1)C1C(=O)OC(=O)C12)c1ccccc1[N+](=O)[O-]. The smallest absolute Gasteiger partial charge is 0.320 e. The first-order chi connectivity index (χ1) is 11.9. The lowest BCUT2D eigenvalue weighted by Crippen LogP contribution is -2.47. The van der Waals surface area contributed by atoms with Crippen molar-refractivity contribution in [2.24, 2.45) is 11.8 Å². The number of hydrogen-bond acceptors (Lipinski definition) is 7. The third-order valence-electron chi connectivity index (χ3n) is 4.76. The molecule has 4 unspecified atom stereocenters. The highest BCUT2D eigenvalue weighted by atomic mass is 16.6. The van der Waals surface area contributed by atoms with Crippen LogP contribution in [0.15, 0.2) is 36.4 Å². The van der Waals surface area contributed by atoms with Gasteiger partial charge >= 0.3 is 11.9 Å². The number of amides is 1. The maximum atomic E-state index is 12.4. The van der Waals surface area contributed by atoms with E-state index < -0.39 is 46.3 Å². The molecule has 9 nitrogen and oxygen atoms in total. The number of carbonyl (C=O) groups is 3. The van der Waals surface area contributed by atoms with Crippen LogP contribution in [0.25, 0.3) is 0 Å². The minimum atomic E-state index is -1.17. The Morgan fingerprint density at radius 3 is 2.80 bits per heavy atom. The van der Waals surface area contributed by atoms with Crippen LogP contribution in [0.1, 0.15) is 10.4 Å². The molecule has 1 N–H and O–H groups in total. The molecular weight excluding hydrogens is 332 g/mol. The number of nitrogens with zero attached hydrogens (tertiary/aromatic N) is 1. The van der Waals surface area contributed by atoms with Crippen molar-refractivity contribution in [3.63, 3.8) is 0 Å². The van der Waals surface area contributed by atoms with Crippen molar-refractivity contribution in [1.29, 1.82) is 0 Å². The van der Waals surface area contributed by atoms with Gasteiger partial charge < -0.3 is 14.8 Å². The molecule has 1 aromatic rings. The van der Waals surface area contributed by atoms with Gasteiger partial charge in [0.1, 0.15) is 23.0 Å². The Labute approximate surface area is 140 Å². The molecular formula is C16H12N2O7. The molecule has 1 aromatic carbocycles. The van der Waals surface area contributed by atoms with Gasteiger partial charge in [-0.3, -0.25) is 24.5 Å². The Morgan fingerprint density at radius 2 is 2.04 bits per heavy atom. The van der Waals surface area contributed by atoms with Gasteiger partial charge in [0, 0.05) is 6.07 Å². The van der Waals surface area contributed by atoms with Crippen molar-refractivity contribution in [3.8, 4) is 0 Å². The average molecular weight is 344 g/mol. The van der Waals surface area contributed by atoms with E-state index in [1.165, 1.54) is 24.3 Å². The van der Waals surface area contributed by atoms with E-state index in [4.69, 9.17) is 4.74 Å². The number of cyclic esters (lactones) is 2. The van der Waals surface area contributed by atoms with Gasteiger partial charge in [-0.2, -0.15) is 0 Å². The Hall–Kier alpha value is -3.07. The first-order valence-corrected chi connectivity index (χ1v) is 7.57. The van der Waals surface area contributed by atoms with Crippen molar-refractivity contribution in [2.75, 3.05) is 6.54 Å². The second kappa shape index (κ2) is 5.21. The Kier molecular flexibility index (Phi) is 3.22. The van der Waals surface area contributed by atoms with Crippen molar-refractivity contribution < 1.29 is 28.8 Å². The molecule has 1 amide bonds. The summed E-state index contributed by atoms with van der Waals surface area (Å²) in [6.45, 7) is -0.103. The number of hydrogen-bond donors (Lipinski definition) is 1. The van der Waals surface area contributed by atoms with E-state index in [0.717, 1.165) is 0 Å². The number of fused-ring (bicyclic) bond motifs is 5. The summed E-state index contributed by atoms with van der Waals surface area (Å²) >= 11 is 0. The Morgan fingerprint density at radius 1 is 1.28 bits per heavy atom. The maximum Gasteiger partial charge on any atom is 0.320 e. The fourth-order valence-electron chi connectivity index (χ4n) is 3.65. The summed E-state index contributed by atoms with van der Waals surface area (Å²) in [7, 11) is 0. The molecule has 128 valence electrons. The second-order valence-corrected chi connectivity index (χ2v) is 6.10. The quantitative estimate of drug-likeness (QED) is 0.275. The van der Waals surface area contributed by atoms with E-state index >= 15 is 0 Å². The monoisotopic (exact) mass is 344 g/mol. The van der Waals surface area contributed by atoms with E-state index in [1.54, 1.807) is 12.2 Å². The van der Waals surface area contributed by atoms with Gasteiger partial charge in [0.25, 0.3) is 11.6 Å². The highest BCUT2D eigenvalue weighted by molar-refractivity contribution is 6.00. The number of nitrogens with one attached hydrogen (secondary N) is 1. The van der Waals surface area contributed by atoms with E-state index in [0.29, 0.717) is 0 Å². The first-order valence-electron chi connectivity index (χ1n) is 7.57. The highest BCUT2D eigenvalue weighted by Crippen LogP contribution is 2.50. The molecule has 4 rings (SSSR count). The number of carbonyl (C=O) groups excluding carboxylic acids is 3. The molecule has 4 atom stereocenters. The van der Waals surface area contributed by atoms with Crippen LogP contribution in [-0.2, 0) is 19.1 Å². The van der Waals surface area contributed by atoms with Crippen molar-refractivity contribution in [2.45, 2.75) is 11.7 Å². The molecule has 3 aliphatic heterocycles. The van der Waals surface area contributed by atoms with Gasteiger partial charge in [-0.15, -0.1) is 0 Å². The minimum Gasteiger partial charge on any atom is -0.393 e. The topological polar surface area (TPSA) is 125 Å². The molecule has 0 saturated carbocycles. The third kappa shape index (κ3) is 2.16. The van der Waals surface area contributed by atoms with Crippen LogP contribution in [0.2, 0.25) is 0 Å². The van der Waals surface area contributed by atoms with E-state index in [1.807, 2.05) is 0 Å². The van der Waals surface area contributed by atoms with Gasteiger partial charge in [-0.25, -0.2) is 0 Å². The van der Waals surface area contributed by atoms with Gasteiger partial charge in [0.05, 0.1) is 17.6 Å². The molecule has 2 saturated heterocycles. The predicted molar refractivity (Wildman–Crippen MR) is 80.3 cm³/mol. The fourth-order valence-corrected chi connectivity index (χ4v) is 3.65. The predicted octanol–water partition coefficient (Wildman–Crippen LogP) is 0.348. The van der Waals surface area contributed by atoms with Gasteiger partial charge in [0.2, 0.25) is 0 Å². The van der Waals surface area contributed by atoms with E-state index in [2.05, 4.69) is 10.1 Å². The zero-order chi connectivity index (χ0) is 17.8. The standard InChI is InChI=1S/C16H12N2O7/c19-13(8-3-1-2-4-9(8)18(22)23)17-7-16-6-5-10(25-16)11-12(16)15(21)24-14(11)20/h1-6,10-12H,7H2,(H,17,19). The zero-order valence-electron chi connectivity index (χ0n) is 12.7. The summed E-state index contributed by atoms with van der Waals surface area (Å²) in [5.41, 5.74) is -1.59. The summed E-state index contributed by atoms with van der Waals surface area (Å²) in [5, 5.41) is 13.6. The zero-order valence-corrected chi connectivity index (χ0v) is 12.7. The lowest BCUT2D eigenvalue weighted by molar-refractivity contribution is -0.385. The summed E-state index contributed by atoms with van der Waals surface area (Å²) in [6, 6.07) is 5.54. The van der Waals surface area contributed by atoms with Crippen LogP contribution in [0, 0.1) is 22.0 Å². The Bertz CT molecular complexity index is 849. The molecule has 0 radical (unpaired) electrons. The highest BCUT2D eigenvalue weighted by Gasteiger charge is 2.67. The summed E-state index contributed by atoms with van der Waals surface area (Å²) in [4.78, 5) is 46.5. The van der Waals surface area contributed by atoms with Crippen molar-refractivity contribution in [1.82, 2.24) is 5.32 Å². The third-order valence-corrected chi connectivity index (χ3v) is 4.76.